The smallest absolute Gasteiger partial charge is 0.269 e. The summed E-state index contributed by atoms with van der Waals surface area (Å²) in [7, 11) is 0. The maximum absolute atomic E-state index is 12.3. The summed E-state index contributed by atoms with van der Waals surface area (Å²) in [6.07, 6.45) is 6.28. The fraction of sp³-hybridized carbons (Fsp3) is 0.333. The molecule has 34 heavy (non-hydrogen) atoms. The molecule has 0 spiro atoms. The van der Waals surface area contributed by atoms with Crippen LogP contribution in [-0.2, 0) is 11.2 Å². The number of amidine groups is 1. The van der Waals surface area contributed by atoms with Crippen LogP contribution in [-0.4, -0.2) is 27.2 Å². The lowest BCUT2D eigenvalue weighted by Gasteiger charge is -2.35. The Bertz CT molecular complexity index is 1310. The molecule has 7 heteroatoms. The second-order valence-electron chi connectivity index (χ2n) is 9.06. The Morgan fingerprint density at radius 3 is 2.71 bits per heavy atom. The first kappa shape index (κ1) is 23.2. The van der Waals surface area contributed by atoms with Crippen molar-refractivity contribution in [3.8, 4) is 23.2 Å². The molecule has 174 valence electrons. The average molecular weight is 456 g/mol. The number of hydrogen-bond acceptors (Lipinski definition) is 3. The second-order valence-corrected chi connectivity index (χ2v) is 9.06. The van der Waals surface area contributed by atoms with Crippen molar-refractivity contribution in [3.05, 3.63) is 65.0 Å². The predicted molar refractivity (Wildman–Crippen MR) is 133 cm³/mol. The van der Waals surface area contributed by atoms with Gasteiger partial charge >= 0.3 is 0 Å². The van der Waals surface area contributed by atoms with Gasteiger partial charge in [-0.15, -0.1) is 0 Å². The van der Waals surface area contributed by atoms with Crippen LogP contribution in [0.5, 0.6) is 0 Å². The highest BCUT2D eigenvalue weighted by Gasteiger charge is 2.41. The van der Waals surface area contributed by atoms with Crippen molar-refractivity contribution in [1.82, 2.24) is 9.55 Å². The topological polar surface area (TPSA) is 116 Å². The van der Waals surface area contributed by atoms with Gasteiger partial charge < -0.3 is 16.0 Å². The minimum atomic E-state index is -0.524. The highest BCUT2D eigenvalue weighted by Crippen LogP contribution is 2.53. The number of carbonyl (C=O) groups excluding carboxylic acids is 2. The third kappa shape index (κ3) is 4.32. The molecule has 5 rings (SSSR count). The van der Waals surface area contributed by atoms with E-state index < -0.39 is 5.91 Å². The number of amides is 2. The molecule has 1 atom stereocenters. The van der Waals surface area contributed by atoms with Crippen LogP contribution >= 0.6 is 0 Å². The molecule has 0 radical (unpaired) electrons. The number of aromatic nitrogens is 2. The number of aliphatic imine (C=N–C) groups is 1. The second kappa shape index (κ2) is 9.14. The normalized spacial score (nSPS) is 19.5. The molecule has 3 heterocycles. The third-order valence-corrected chi connectivity index (χ3v) is 6.47. The van der Waals surface area contributed by atoms with Gasteiger partial charge in [-0.25, -0.2) is 4.98 Å². The molecule has 7 nitrogen and oxygen atoms in total. The van der Waals surface area contributed by atoms with E-state index in [2.05, 4.69) is 34.0 Å². The van der Waals surface area contributed by atoms with Gasteiger partial charge in [-0.1, -0.05) is 42.2 Å². The van der Waals surface area contributed by atoms with Crippen LogP contribution < -0.4 is 11.5 Å². The Kier molecular flexibility index (Phi) is 6.25. The zero-order valence-corrected chi connectivity index (χ0v) is 19.8. The number of hydrogen-bond donors (Lipinski definition) is 2. The van der Waals surface area contributed by atoms with Gasteiger partial charge in [-0.2, -0.15) is 4.99 Å². The van der Waals surface area contributed by atoms with E-state index in [-0.39, 0.29) is 23.7 Å². The minimum absolute atomic E-state index is 0.199. The van der Waals surface area contributed by atoms with Gasteiger partial charge in [0.15, 0.2) is 0 Å². The van der Waals surface area contributed by atoms with Crippen molar-refractivity contribution in [1.29, 1.82) is 0 Å². The van der Waals surface area contributed by atoms with Crippen LogP contribution in [0.2, 0.25) is 0 Å². The molecule has 0 saturated heterocycles. The summed E-state index contributed by atoms with van der Waals surface area (Å²) in [5.74, 6) is 6.42. The van der Waals surface area contributed by atoms with E-state index in [0.717, 1.165) is 41.1 Å². The van der Waals surface area contributed by atoms with Gasteiger partial charge in [0, 0.05) is 30.5 Å². The Balaban J connectivity index is 1.80. The Hall–Kier alpha value is -3.92. The highest BCUT2D eigenvalue weighted by molar-refractivity contribution is 5.95. The third-order valence-electron chi connectivity index (χ3n) is 6.47. The Morgan fingerprint density at radius 1 is 1.32 bits per heavy atom. The molecule has 2 bridgehead atoms. The van der Waals surface area contributed by atoms with Gasteiger partial charge in [0.05, 0.1) is 11.6 Å². The zero-order chi connectivity index (χ0) is 24.6. The van der Waals surface area contributed by atoms with E-state index >= 15 is 0 Å². The summed E-state index contributed by atoms with van der Waals surface area (Å²) in [6, 6.07) is 6.41. The molecule has 4 N–H and O–H groups in total. The number of allylic oxidation sites excluding steroid dienone is 3. The van der Waals surface area contributed by atoms with Crippen molar-refractivity contribution >= 4 is 17.6 Å². The van der Waals surface area contributed by atoms with Gasteiger partial charge in [0.1, 0.15) is 17.4 Å². The number of benzene rings is 1. The van der Waals surface area contributed by atoms with Crippen molar-refractivity contribution in [2.24, 2.45) is 22.4 Å². The van der Waals surface area contributed by atoms with E-state index in [9.17, 15) is 9.59 Å². The van der Waals surface area contributed by atoms with E-state index in [4.69, 9.17) is 16.5 Å². The molecule has 1 fully saturated rings. The highest BCUT2D eigenvalue weighted by atomic mass is 16.1. The Labute approximate surface area is 199 Å². The molecule has 2 amide bonds. The summed E-state index contributed by atoms with van der Waals surface area (Å²) in [5.41, 5.74) is 16.9. The number of primary amides is 1. The van der Waals surface area contributed by atoms with Crippen molar-refractivity contribution in [2.45, 2.75) is 52.0 Å². The van der Waals surface area contributed by atoms with Crippen molar-refractivity contribution in [3.63, 3.8) is 0 Å². The molecule has 1 aromatic carbocycles. The lowest BCUT2D eigenvalue weighted by atomic mass is 9.75. The van der Waals surface area contributed by atoms with E-state index in [1.54, 1.807) is 6.08 Å². The van der Waals surface area contributed by atoms with Gasteiger partial charge in [-0.05, 0) is 50.3 Å². The van der Waals surface area contributed by atoms with Gasteiger partial charge in [-0.3, -0.25) is 9.59 Å². The van der Waals surface area contributed by atoms with Crippen LogP contribution in [0.25, 0.3) is 11.4 Å². The summed E-state index contributed by atoms with van der Waals surface area (Å²) in [5, 5.41) is 0. The zero-order valence-electron chi connectivity index (χ0n) is 19.8. The van der Waals surface area contributed by atoms with Crippen LogP contribution in [0.4, 0.5) is 0 Å². The molecular formula is C27H29N5O2. The van der Waals surface area contributed by atoms with Crippen LogP contribution in [0.15, 0.2) is 47.5 Å². The first-order valence-electron chi connectivity index (χ1n) is 11.4. The fourth-order valence-electron chi connectivity index (χ4n) is 4.72. The SMILES string of the molecule is C=CC=C(C)Cc1c(C(N)=O)nc2n1C1CC(C1)c1ccc(C#CC(C)C(N)=NC(C)=O)cc1-2. The maximum Gasteiger partial charge on any atom is 0.269 e. The van der Waals surface area contributed by atoms with E-state index in [1.807, 2.05) is 32.1 Å². The molecule has 1 aromatic heterocycles. The quantitative estimate of drug-likeness (QED) is 0.310. The predicted octanol–water partition coefficient (Wildman–Crippen LogP) is 3.65. The molecule has 3 aliphatic rings. The summed E-state index contributed by atoms with van der Waals surface area (Å²) in [6.45, 7) is 8.95. The van der Waals surface area contributed by atoms with Gasteiger partial charge in [0.25, 0.3) is 5.91 Å². The lowest BCUT2D eigenvalue weighted by molar-refractivity contribution is -0.115. The number of rotatable bonds is 5. The Morgan fingerprint density at radius 2 is 2.06 bits per heavy atom. The minimum Gasteiger partial charge on any atom is -0.386 e. The van der Waals surface area contributed by atoms with Gasteiger partial charge in [0.2, 0.25) is 5.91 Å². The maximum atomic E-state index is 12.3. The van der Waals surface area contributed by atoms with E-state index in [1.165, 1.54) is 12.5 Å². The van der Waals surface area contributed by atoms with Crippen LogP contribution in [0, 0.1) is 17.8 Å². The van der Waals surface area contributed by atoms with Crippen molar-refractivity contribution in [2.75, 3.05) is 0 Å². The number of carbonyl (C=O) groups is 2. The molecular weight excluding hydrogens is 426 g/mol. The number of nitrogens with two attached hydrogens (primary N) is 2. The monoisotopic (exact) mass is 455 g/mol. The average Bonchev–Trinajstić information content (AvgIpc) is 2.97. The summed E-state index contributed by atoms with van der Waals surface area (Å²) >= 11 is 0. The summed E-state index contributed by atoms with van der Waals surface area (Å²) < 4.78 is 2.21. The fourth-order valence-corrected chi connectivity index (χ4v) is 4.72. The molecule has 1 unspecified atom stereocenters. The number of imidazole rings is 1. The van der Waals surface area contributed by atoms with Crippen molar-refractivity contribution < 1.29 is 9.59 Å². The molecule has 2 aliphatic heterocycles. The van der Waals surface area contributed by atoms with Crippen LogP contribution in [0.3, 0.4) is 0 Å². The molecule has 2 aromatic rings. The largest absolute Gasteiger partial charge is 0.386 e. The first-order chi connectivity index (χ1) is 16.2. The molecule has 1 aliphatic carbocycles. The van der Waals surface area contributed by atoms with E-state index in [0.29, 0.717) is 18.0 Å². The molecule has 1 saturated carbocycles. The van der Waals surface area contributed by atoms with Crippen LogP contribution in [0.1, 0.15) is 72.9 Å². The number of nitrogens with zero attached hydrogens (tertiary/aromatic N) is 3. The summed E-state index contributed by atoms with van der Waals surface area (Å²) in [4.78, 5) is 32.0. The first-order valence-corrected chi connectivity index (χ1v) is 11.4. The lowest BCUT2D eigenvalue weighted by Crippen LogP contribution is -2.25. The standard InChI is InChI=1S/C27H29N5O2/c1-5-6-15(2)11-23-24(26(29)34)31-27-22-12-18(8-7-16(3)25(28)30-17(4)33)9-10-21(22)19-13-20(14-19)32(23)27/h5-6,9-10,12,16,19-20H,1,11,13-14H2,2-4H3,(H2,29,34)(H2,28,30,33).